The number of carbonyl (C=O) groups excluding carboxylic acids is 1. The van der Waals surface area contributed by atoms with E-state index < -0.39 is 0 Å². The molecule has 1 fully saturated rings. The maximum atomic E-state index is 12.3. The Kier molecular flexibility index (Phi) is 6.41. The molecule has 0 bridgehead atoms. The zero-order chi connectivity index (χ0) is 20.1. The first-order chi connectivity index (χ1) is 13.5. The lowest BCUT2D eigenvalue weighted by Gasteiger charge is -2.36. The summed E-state index contributed by atoms with van der Waals surface area (Å²) in [6.45, 7) is 8.53. The summed E-state index contributed by atoms with van der Waals surface area (Å²) >= 11 is 0. The van der Waals surface area contributed by atoms with Gasteiger partial charge in [0.05, 0.1) is 12.2 Å². The van der Waals surface area contributed by atoms with Crippen molar-refractivity contribution in [3.05, 3.63) is 52.1 Å². The Labute approximate surface area is 164 Å². The largest absolute Gasteiger partial charge is 0.372 e. The highest BCUT2D eigenvalue weighted by Crippen LogP contribution is 2.18. The number of nitrogens with one attached hydrogen (secondary N) is 1. The highest BCUT2D eigenvalue weighted by molar-refractivity contribution is 5.91. The van der Waals surface area contributed by atoms with Crippen LogP contribution in [0.3, 0.4) is 0 Å². The Bertz CT molecular complexity index is 855. The molecule has 1 aliphatic rings. The van der Waals surface area contributed by atoms with Crippen LogP contribution in [0.1, 0.15) is 43.2 Å². The Morgan fingerprint density at radius 2 is 1.96 bits per heavy atom. The highest BCUT2D eigenvalue weighted by Gasteiger charge is 2.23. The van der Waals surface area contributed by atoms with Crippen molar-refractivity contribution in [2.24, 2.45) is 0 Å². The van der Waals surface area contributed by atoms with Gasteiger partial charge in [-0.25, -0.2) is 9.67 Å². The fourth-order valence-corrected chi connectivity index (χ4v) is 3.29. The number of nitrogens with zero attached hydrogens (tertiary/aromatic N) is 4. The third-order valence-corrected chi connectivity index (χ3v) is 4.54. The number of rotatable bonds is 6. The number of morpholine rings is 1. The summed E-state index contributed by atoms with van der Waals surface area (Å²) in [7, 11) is 0. The fourth-order valence-electron chi connectivity index (χ4n) is 3.29. The quantitative estimate of drug-likeness (QED) is 0.812. The highest BCUT2D eigenvalue weighted by atomic mass is 16.5. The minimum atomic E-state index is -0.315. The molecule has 8 nitrogen and oxygen atoms in total. The third-order valence-electron chi connectivity index (χ3n) is 4.54. The predicted molar refractivity (Wildman–Crippen MR) is 106 cm³/mol. The van der Waals surface area contributed by atoms with Crippen LogP contribution in [0.2, 0.25) is 0 Å². The van der Waals surface area contributed by atoms with Gasteiger partial charge in [-0.3, -0.25) is 9.59 Å². The molecule has 1 aliphatic heterocycles. The van der Waals surface area contributed by atoms with Crippen LogP contribution >= 0.6 is 0 Å². The third kappa shape index (κ3) is 4.95. The van der Waals surface area contributed by atoms with Crippen LogP contribution in [-0.4, -0.2) is 46.0 Å². The second kappa shape index (κ2) is 8.97. The van der Waals surface area contributed by atoms with Crippen LogP contribution in [0.25, 0.3) is 0 Å². The molecule has 28 heavy (non-hydrogen) atoms. The minimum Gasteiger partial charge on any atom is -0.372 e. The van der Waals surface area contributed by atoms with Gasteiger partial charge in [-0.05, 0) is 38.0 Å². The minimum absolute atomic E-state index is 0.174. The molecular formula is C20H27N5O3. The maximum Gasteiger partial charge on any atom is 0.271 e. The van der Waals surface area contributed by atoms with E-state index in [1.807, 2.05) is 19.1 Å². The van der Waals surface area contributed by atoms with Crippen molar-refractivity contribution in [1.82, 2.24) is 20.1 Å². The molecule has 3 heterocycles. The van der Waals surface area contributed by atoms with Gasteiger partial charge in [-0.2, -0.15) is 5.10 Å². The molecule has 3 rings (SSSR count). The van der Waals surface area contributed by atoms with Crippen LogP contribution in [0.4, 0.5) is 5.82 Å². The van der Waals surface area contributed by atoms with Gasteiger partial charge in [0.1, 0.15) is 11.5 Å². The standard InChI is InChI=1S/C20H27N5O3/c1-4-9-25-19(26)8-6-17(23-25)20(27)22-11-16-5-7-18(21-10-16)24-12-14(2)28-15(3)13-24/h5-8,10,14-15H,4,9,11-13H2,1-3H3,(H,22,27)/t14-,15-/m0/s1. The molecule has 2 aromatic rings. The molecule has 0 unspecified atom stereocenters. The van der Waals surface area contributed by atoms with Crippen LogP contribution in [-0.2, 0) is 17.8 Å². The van der Waals surface area contributed by atoms with Gasteiger partial charge >= 0.3 is 0 Å². The van der Waals surface area contributed by atoms with Crippen LogP contribution < -0.4 is 15.8 Å². The number of hydrogen-bond acceptors (Lipinski definition) is 6. The van der Waals surface area contributed by atoms with Gasteiger partial charge in [0.15, 0.2) is 0 Å². The molecule has 0 saturated carbocycles. The average Bonchev–Trinajstić information content (AvgIpc) is 2.67. The first kappa shape index (κ1) is 20.0. The molecule has 2 aromatic heterocycles. The van der Waals surface area contributed by atoms with Gasteiger partial charge < -0.3 is 15.0 Å². The van der Waals surface area contributed by atoms with Crippen molar-refractivity contribution >= 4 is 11.7 Å². The molecule has 0 aromatic carbocycles. The fraction of sp³-hybridized carbons (Fsp3) is 0.500. The number of amides is 1. The zero-order valence-electron chi connectivity index (χ0n) is 16.6. The summed E-state index contributed by atoms with van der Waals surface area (Å²) in [6.07, 6.45) is 2.89. The van der Waals surface area contributed by atoms with Crippen molar-refractivity contribution in [1.29, 1.82) is 0 Å². The van der Waals surface area contributed by atoms with Gasteiger partial charge in [-0.15, -0.1) is 0 Å². The second-order valence-corrected chi connectivity index (χ2v) is 7.15. The average molecular weight is 385 g/mol. The number of hydrogen-bond donors (Lipinski definition) is 1. The Hall–Kier alpha value is -2.74. The van der Waals surface area contributed by atoms with E-state index in [-0.39, 0.29) is 29.4 Å². The molecule has 1 saturated heterocycles. The Morgan fingerprint density at radius 3 is 2.61 bits per heavy atom. The van der Waals surface area contributed by atoms with E-state index in [1.54, 1.807) is 6.20 Å². The van der Waals surface area contributed by atoms with Crippen LogP contribution in [0.5, 0.6) is 0 Å². The number of ether oxygens (including phenoxy) is 1. The Balaban J connectivity index is 1.59. The molecule has 150 valence electrons. The van der Waals surface area contributed by atoms with E-state index in [0.29, 0.717) is 13.1 Å². The van der Waals surface area contributed by atoms with Gasteiger partial charge in [-0.1, -0.05) is 13.0 Å². The molecule has 0 radical (unpaired) electrons. The summed E-state index contributed by atoms with van der Waals surface area (Å²) in [5.74, 6) is 0.593. The predicted octanol–water partition coefficient (Wildman–Crippen LogP) is 1.59. The van der Waals surface area contributed by atoms with Crippen LogP contribution in [0, 0.1) is 0 Å². The van der Waals surface area contributed by atoms with Gasteiger partial charge in [0.25, 0.3) is 11.5 Å². The lowest BCUT2D eigenvalue weighted by molar-refractivity contribution is -0.00546. The van der Waals surface area contributed by atoms with E-state index >= 15 is 0 Å². The first-order valence-corrected chi connectivity index (χ1v) is 9.68. The summed E-state index contributed by atoms with van der Waals surface area (Å²) in [6, 6.07) is 6.74. The molecule has 2 atom stereocenters. The first-order valence-electron chi connectivity index (χ1n) is 9.68. The number of carbonyl (C=O) groups is 1. The lowest BCUT2D eigenvalue weighted by Crippen LogP contribution is -2.45. The molecule has 0 spiro atoms. The summed E-state index contributed by atoms with van der Waals surface area (Å²) in [4.78, 5) is 30.8. The van der Waals surface area contributed by atoms with Gasteiger partial charge in [0.2, 0.25) is 0 Å². The van der Waals surface area contributed by atoms with Crippen LogP contribution in [0.15, 0.2) is 35.3 Å². The number of anilines is 1. The number of aromatic nitrogens is 3. The normalized spacial score (nSPS) is 19.5. The molecule has 1 N–H and O–H groups in total. The molecule has 0 aliphatic carbocycles. The van der Waals surface area contributed by atoms with Crippen molar-refractivity contribution in [2.45, 2.75) is 52.5 Å². The Morgan fingerprint density at radius 1 is 1.21 bits per heavy atom. The van der Waals surface area contributed by atoms with E-state index in [4.69, 9.17) is 4.74 Å². The maximum absolute atomic E-state index is 12.3. The van der Waals surface area contributed by atoms with E-state index in [9.17, 15) is 9.59 Å². The van der Waals surface area contributed by atoms with E-state index in [1.165, 1.54) is 16.8 Å². The van der Waals surface area contributed by atoms with Gasteiger partial charge in [0, 0.05) is 38.4 Å². The zero-order valence-corrected chi connectivity index (χ0v) is 16.6. The summed E-state index contributed by atoms with van der Waals surface area (Å²) in [5, 5.41) is 6.95. The van der Waals surface area contributed by atoms with Crippen molar-refractivity contribution in [3.63, 3.8) is 0 Å². The lowest BCUT2D eigenvalue weighted by atomic mass is 10.2. The molecule has 8 heteroatoms. The van der Waals surface area contributed by atoms with E-state index in [0.717, 1.165) is 30.9 Å². The SMILES string of the molecule is CCCn1nc(C(=O)NCc2ccc(N3C[C@H](C)O[C@@H](C)C3)nc2)ccc1=O. The molecule has 1 amide bonds. The van der Waals surface area contributed by atoms with Crippen molar-refractivity contribution in [3.8, 4) is 0 Å². The second-order valence-electron chi connectivity index (χ2n) is 7.15. The topological polar surface area (TPSA) is 89.3 Å². The number of aryl methyl sites for hydroxylation is 1. The van der Waals surface area contributed by atoms with Crippen molar-refractivity contribution < 1.29 is 9.53 Å². The van der Waals surface area contributed by atoms with E-state index in [2.05, 4.69) is 34.1 Å². The molecular weight excluding hydrogens is 358 g/mol. The number of pyridine rings is 1. The summed E-state index contributed by atoms with van der Waals surface area (Å²) in [5.41, 5.74) is 0.923. The van der Waals surface area contributed by atoms with Crippen molar-refractivity contribution in [2.75, 3.05) is 18.0 Å². The summed E-state index contributed by atoms with van der Waals surface area (Å²) < 4.78 is 7.07. The monoisotopic (exact) mass is 385 g/mol. The smallest absolute Gasteiger partial charge is 0.271 e.